The summed E-state index contributed by atoms with van der Waals surface area (Å²) in [6.07, 6.45) is 3.26. The lowest BCUT2D eigenvalue weighted by molar-refractivity contribution is -0.870. The van der Waals surface area contributed by atoms with Crippen molar-refractivity contribution in [1.29, 1.82) is 0 Å². The number of quaternary nitrogens is 1. The minimum atomic E-state index is -0.901. The molecule has 2 aromatic rings. The van der Waals surface area contributed by atoms with Gasteiger partial charge in [-0.15, -0.1) is 0 Å². The summed E-state index contributed by atoms with van der Waals surface area (Å²) in [5.41, 5.74) is 1.70. The number of amides is 1. The van der Waals surface area contributed by atoms with Crippen LogP contribution in [-0.4, -0.2) is 112 Å². The number of fused-ring (bicyclic) bond motifs is 1. The summed E-state index contributed by atoms with van der Waals surface area (Å²) in [6.45, 7) is 5.11. The Kier molecular flexibility index (Phi) is 10.8. The molecule has 2 aliphatic rings. The zero-order chi connectivity index (χ0) is 31.1. The highest BCUT2D eigenvalue weighted by Crippen LogP contribution is 2.47. The van der Waals surface area contributed by atoms with Crippen molar-refractivity contribution >= 4 is 11.9 Å². The van der Waals surface area contributed by atoms with Crippen molar-refractivity contribution in [1.82, 2.24) is 9.80 Å². The first-order valence-electron chi connectivity index (χ1n) is 15.2. The highest BCUT2D eigenvalue weighted by molar-refractivity contribution is 5.79. The molecule has 1 amide bonds. The molecule has 3 unspecified atom stereocenters. The van der Waals surface area contributed by atoms with Gasteiger partial charge in [0.1, 0.15) is 5.75 Å². The van der Waals surface area contributed by atoms with Gasteiger partial charge in [-0.25, -0.2) is 0 Å². The van der Waals surface area contributed by atoms with Crippen molar-refractivity contribution in [2.45, 2.75) is 44.6 Å². The van der Waals surface area contributed by atoms with E-state index in [4.69, 9.17) is 18.9 Å². The average molecular weight is 599 g/mol. The van der Waals surface area contributed by atoms with Gasteiger partial charge in [0.2, 0.25) is 18.4 Å². The number of methoxy groups -OCH3 is 2. The maximum Gasteiger partial charge on any atom is 0.308 e. The third-order valence-corrected chi connectivity index (χ3v) is 8.49. The summed E-state index contributed by atoms with van der Waals surface area (Å²) < 4.78 is 23.3. The van der Waals surface area contributed by atoms with Crippen LogP contribution in [0.25, 0.3) is 0 Å². The molecule has 10 nitrogen and oxygen atoms in total. The number of para-hydroxylation sites is 1. The summed E-state index contributed by atoms with van der Waals surface area (Å²) in [6, 6.07) is 10.9. The number of carbonyl (C=O) groups is 2. The van der Waals surface area contributed by atoms with Crippen LogP contribution in [0, 0.1) is 5.92 Å². The van der Waals surface area contributed by atoms with E-state index in [1.165, 1.54) is 0 Å². The largest absolute Gasteiger partial charge is 0.496 e. The number of benzene rings is 2. The second-order valence-electron chi connectivity index (χ2n) is 12.5. The van der Waals surface area contributed by atoms with Gasteiger partial charge in [0.25, 0.3) is 0 Å². The molecule has 3 atom stereocenters. The Labute approximate surface area is 255 Å². The minimum absolute atomic E-state index is 0.0351. The molecule has 0 saturated carbocycles. The van der Waals surface area contributed by atoms with E-state index in [0.717, 1.165) is 41.4 Å². The van der Waals surface area contributed by atoms with Gasteiger partial charge >= 0.3 is 5.97 Å². The van der Waals surface area contributed by atoms with Crippen LogP contribution in [0.1, 0.15) is 43.2 Å². The van der Waals surface area contributed by atoms with Crippen molar-refractivity contribution in [2.24, 2.45) is 5.92 Å². The molecule has 0 aliphatic carbocycles. The highest BCUT2D eigenvalue weighted by atomic mass is 16.7. The minimum Gasteiger partial charge on any atom is -0.496 e. The number of carbonyl (C=O) groups excluding carboxylic acids is 1. The fourth-order valence-electron chi connectivity index (χ4n) is 6.26. The van der Waals surface area contributed by atoms with Gasteiger partial charge in [0, 0.05) is 38.0 Å². The molecule has 0 spiro atoms. The number of aliphatic carboxylic acids is 1. The quantitative estimate of drug-likeness (QED) is 0.309. The summed E-state index contributed by atoms with van der Waals surface area (Å²) in [4.78, 5) is 31.0. The van der Waals surface area contributed by atoms with Gasteiger partial charge in [-0.1, -0.05) is 31.5 Å². The average Bonchev–Trinajstić information content (AvgIpc) is 3.59. The molecule has 2 heterocycles. The molecule has 236 valence electrons. The summed E-state index contributed by atoms with van der Waals surface area (Å²) in [5, 5.41) is 10.7. The van der Waals surface area contributed by atoms with Gasteiger partial charge in [0.05, 0.1) is 54.4 Å². The normalized spacial score (nSPS) is 19.8. The van der Waals surface area contributed by atoms with Gasteiger partial charge < -0.3 is 33.4 Å². The molecule has 0 radical (unpaired) electrons. The first-order valence-corrected chi connectivity index (χ1v) is 15.2. The first-order chi connectivity index (χ1) is 20.6. The molecule has 43 heavy (non-hydrogen) atoms. The number of nitrogens with zero attached hydrogens (tertiary/aromatic N) is 3. The number of hydrogen-bond acceptors (Lipinski definition) is 7. The predicted octanol–water partition coefficient (Wildman–Crippen LogP) is 3.87. The van der Waals surface area contributed by atoms with E-state index >= 15 is 0 Å². The van der Waals surface area contributed by atoms with Crippen LogP contribution in [0.5, 0.6) is 23.0 Å². The number of ether oxygens (including phenoxy) is 4. The van der Waals surface area contributed by atoms with E-state index in [-0.39, 0.29) is 19.2 Å². The van der Waals surface area contributed by atoms with Crippen molar-refractivity contribution < 1.29 is 38.1 Å². The number of likely N-dealkylation sites (tertiary alicyclic amines) is 1. The smallest absolute Gasteiger partial charge is 0.308 e. The lowest BCUT2D eigenvalue weighted by atomic mass is 9.83. The Morgan fingerprint density at radius 3 is 2.44 bits per heavy atom. The lowest BCUT2D eigenvalue weighted by Gasteiger charge is -2.31. The van der Waals surface area contributed by atoms with Crippen LogP contribution >= 0.6 is 0 Å². The zero-order valence-electron chi connectivity index (χ0n) is 26.5. The van der Waals surface area contributed by atoms with Gasteiger partial charge in [-0.2, -0.15) is 0 Å². The molecule has 0 aromatic heterocycles. The predicted molar refractivity (Wildman–Crippen MR) is 164 cm³/mol. The van der Waals surface area contributed by atoms with E-state index in [0.29, 0.717) is 49.1 Å². The molecule has 1 fully saturated rings. The van der Waals surface area contributed by atoms with Gasteiger partial charge in [0.15, 0.2) is 11.5 Å². The fourth-order valence-corrected chi connectivity index (χ4v) is 6.26. The first kappa shape index (κ1) is 32.4. The molecule has 1 saturated heterocycles. The standard InChI is InChI=1S/C33H47N3O7/c1-7-8-14-34(15-11-16-36(2,3)4)30(37)21-35-20-25(24-18-28(41-6)32-29(19-24)42-22-43-32)31(33(38)39)26(35)17-23-12-9-10-13-27(23)40-5/h9-10,12-13,18-19,25-26,31H,7-8,11,14-17,20-22H2,1-6H3/p+1. The lowest BCUT2D eigenvalue weighted by Crippen LogP contribution is -2.46. The molecule has 0 bridgehead atoms. The van der Waals surface area contributed by atoms with Crippen LogP contribution < -0.4 is 18.9 Å². The number of carboxylic acids is 1. The number of unbranched alkanes of at least 4 members (excludes halogenated alkanes) is 1. The summed E-state index contributed by atoms with van der Waals surface area (Å²) in [5.74, 6) is 0.242. The Bertz CT molecular complexity index is 1260. The van der Waals surface area contributed by atoms with Crippen LogP contribution in [0.2, 0.25) is 0 Å². The van der Waals surface area contributed by atoms with E-state index < -0.39 is 23.8 Å². The van der Waals surface area contributed by atoms with Gasteiger partial charge in [-0.3, -0.25) is 14.5 Å². The third kappa shape index (κ3) is 7.92. The second-order valence-corrected chi connectivity index (χ2v) is 12.5. The topological polar surface area (TPSA) is 97.8 Å². The molecular formula is C33H48N3O7+. The molecule has 2 aromatic carbocycles. The number of hydrogen-bond donors (Lipinski definition) is 1. The Hall–Kier alpha value is -3.50. The second kappa shape index (κ2) is 14.3. The van der Waals surface area contributed by atoms with Crippen molar-refractivity contribution in [3.63, 3.8) is 0 Å². The molecule has 2 aliphatic heterocycles. The van der Waals surface area contributed by atoms with Crippen LogP contribution in [0.15, 0.2) is 36.4 Å². The molecule has 4 rings (SSSR count). The third-order valence-electron chi connectivity index (χ3n) is 8.49. The Morgan fingerprint density at radius 2 is 1.77 bits per heavy atom. The van der Waals surface area contributed by atoms with E-state index in [2.05, 4.69) is 33.0 Å². The number of carboxylic acid groups (broad SMARTS) is 1. The van der Waals surface area contributed by atoms with Crippen molar-refractivity contribution in [3.8, 4) is 23.0 Å². The number of rotatable bonds is 15. The van der Waals surface area contributed by atoms with E-state index in [1.54, 1.807) is 14.2 Å². The molecular weight excluding hydrogens is 550 g/mol. The van der Waals surface area contributed by atoms with Crippen LogP contribution in [-0.2, 0) is 16.0 Å². The zero-order valence-corrected chi connectivity index (χ0v) is 26.5. The maximum atomic E-state index is 13.9. The monoisotopic (exact) mass is 598 g/mol. The van der Waals surface area contributed by atoms with Crippen molar-refractivity contribution in [2.75, 3.05) is 74.9 Å². The maximum absolute atomic E-state index is 13.9. The fraction of sp³-hybridized carbons (Fsp3) is 0.576. The molecule has 10 heteroatoms. The Balaban J connectivity index is 1.67. The summed E-state index contributed by atoms with van der Waals surface area (Å²) >= 11 is 0. The molecule has 1 N–H and O–H groups in total. The Morgan fingerprint density at radius 1 is 1.05 bits per heavy atom. The van der Waals surface area contributed by atoms with E-state index in [9.17, 15) is 14.7 Å². The van der Waals surface area contributed by atoms with Gasteiger partial charge in [-0.05, 0) is 42.2 Å². The highest BCUT2D eigenvalue weighted by Gasteiger charge is 2.48. The van der Waals surface area contributed by atoms with Crippen LogP contribution in [0.3, 0.4) is 0 Å². The van der Waals surface area contributed by atoms with Crippen LogP contribution in [0.4, 0.5) is 0 Å². The van der Waals surface area contributed by atoms with Crippen molar-refractivity contribution in [3.05, 3.63) is 47.5 Å². The van der Waals surface area contributed by atoms with E-state index in [1.807, 2.05) is 41.3 Å². The SMILES string of the molecule is CCCCN(CCC[N+](C)(C)C)C(=O)CN1CC(c2cc(OC)c3c(c2)OCO3)C(C(=O)O)C1Cc1ccccc1OC. The summed E-state index contributed by atoms with van der Waals surface area (Å²) in [7, 11) is 9.64.